The normalized spacial score (nSPS) is 21.1. The number of anilines is 1. The molecule has 17 heteroatoms. The Morgan fingerprint density at radius 1 is 0.912 bits per heavy atom. The van der Waals surface area contributed by atoms with Crippen LogP contribution in [0.5, 0.6) is 0 Å². The van der Waals surface area contributed by atoms with E-state index in [0.29, 0.717) is 17.7 Å². The Hall–Kier alpha value is -5.17. The van der Waals surface area contributed by atoms with Gasteiger partial charge in [-0.25, -0.2) is 14.0 Å². The number of urea groups is 1. The number of ether oxygens (including phenoxy) is 3. The summed E-state index contributed by atoms with van der Waals surface area (Å²) >= 11 is 0. The van der Waals surface area contributed by atoms with E-state index in [1.54, 1.807) is 38.1 Å². The van der Waals surface area contributed by atoms with Crippen LogP contribution in [0, 0.1) is 5.92 Å². The number of alkyl carbamates (subject to hydrolysis) is 1. The quantitative estimate of drug-likeness (QED) is 0.0666. The molecule has 1 saturated heterocycles. The molecule has 0 spiro atoms. The van der Waals surface area contributed by atoms with Crippen LogP contribution in [0.15, 0.2) is 72.8 Å². The number of carbonyl (C=O) groups is 4. The van der Waals surface area contributed by atoms with Gasteiger partial charge in [0.25, 0.3) is 0 Å². The molecule has 3 aromatic rings. The van der Waals surface area contributed by atoms with Gasteiger partial charge in [-0.15, -0.1) is 0 Å². The number of halogens is 1. The number of benzene rings is 3. The van der Waals surface area contributed by atoms with Gasteiger partial charge in [-0.1, -0.05) is 74.5 Å². The fourth-order valence-corrected chi connectivity index (χ4v) is 6.88. The molecule has 2 aliphatic rings. The number of fused-ring (bicyclic) bond motifs is 3. The van der Waals surface area contributed by atoms with Crippen molar-refractivity contribution in [2.24, 2.45) is 11.7 Å². The predicted molar refractivity (Wildman–Crippen MR) is 206 cm³/mol. The monoisotopic (exact) mass is 794 g/mol. The van der Waals surface area contributed by atoms with E-state index >= 15 is 0 Å². The summed E-state index contributed by atoms with van der Waals surface area (Å²) in [4.78, 5) is 51.5. The molecule has 16 nitrogen and oxygen atoms in total. The maximum Gasteiger partial charge on any atom is 0.407 e. The smallest absolute Gasteiger partial charge is 0.407 e. The summed E-state index contributed by atoms with van der Waals surface area (Å²) in [6.45, 7) is 2.95. The van der Waals surface area contributed by atoms with E-state index in [9.17, 15) is 33.8 Å². The molecule has 1 heterocycles. The molecule has 3 aromatic carbocycles. The number of hydrogen-bond donors (Lipinski definition) is 9. The molecular formula is C40H51FN6O10. The van der Waals surface area contributed by atoms with E-state index in [1.165, 1.54) is 0 Å². The van der Waals surface area contributed by atoms with Gasteiger partial charge in [0.1, 0.15) is 30.9 Å². The lowest BCUT2D eigenvalue weighted by atomic mass is 9.98. The number of carbonyl (C=O) groups excluding carboxylic acids is 4. The Morgan fingerprint density at radius 3 is 2.18 bits per heavy atom. The number of amides is 5. The number of hydrogen-bond acceptors (Lipinski definition) is 11. The summed E-state index contributed by atoms with van der Waals surface area (Å²) in [5.74, 6) is -1.69. The molecule has 10 N–H and O–H groups in total. The number of aliphatic hydroxyl groups excluding tert-OH is 3. The Morgan fingerprint density at radius 2 is 1.56 bits per heavy atom. The second kappa shape index (κ2) is 20.3. The van der Waals surface area contributed by atoms with Gasteiger partial charge in [-0.2, -0.15) is 0 Å². The highest BCUT2D eigenvalue weighted by Crippen LogP contribution is 2.44. The summed E-state index contributed by atoms with van der Waals surface area (Å²) in [7, 11) is 0. The zero-order valence-electron chi connectivity index (χ0n) is 31.7. The molecule has 7 atom stereocenters. The van der Waals surface area contributed by atoms with Gasteiger partial charge in [0, 0.05) is 18.2 Å². The highest BCUT2D eigenvalue weighted by atomic mass is 19.1. The summed E-state index contributed by atoms with van der Waals surface area (Å²) in [5, 5.41) is 42.7. The van der Waals surface area contributed by atoms with Crippen molar-refractivity contribution < 1.29 is 53.1 Å². The van der Waals surface area contributed by atoms with Crippen molar-refractivity contribution in [3.05, 3.63) is 89.5 Å². The topological polar surface area (TPSA) is 243 Å². The molecule has 0 aromatic heterocycles. The lowest BCUT2D eigenvalue weighted by molar-refractivity contribution is -0.243. The highest BCUT2D eigenvalue weighted by molar-refractivity contribution is 5.98. The first-order chi connectivity index (χ1) is 27.4. The van der Waals surface area contributed by atoms with Gasteiger partial charge < -0.3 is 56.5 Å². The van der Waals surface area contributed by atoms with Crippen molar-refractivity contribution in [1.29, 1.82) is 0 Å². The first-order valence-electron chi connectivity index (χ1n) is 18.8. The lowest BCUT2D eigenvalue weighted by Crippen LogP contribution is -2.62. The third-order valence-electron chi connectivity index (χ3n) is 9.93. The number of nitrogens with two attached hydrogens (primary N) is 1. The third kappa shape index (κ3) is 11.2. The average molecular weight is 795 g/mol. The Bertz CT molecular complexity index is 1790. The second-order valence-electron chi connectivity index (χ2n) is 14.3. The van der Waals surface area contributed by atoms with Gasteiger partial charge in [0.15, 0.2) is 12.5 Å². The minimum absolute atomic E-state index is 0.0590. The maximum absolute atomic E-state index is 14.2. The summed E-state index contributed by atoms with van der Waals surface area (Å²) in [6, 6.07) is 18.5. The van der Waals surface area contributed by atoms with Crippen LogP contribution >= 0.6 is 0 Å². The molecule has 1 aliphatic heterocycles. The molecule has 5 rings (SSSR count). The number of nitrogens with one attached hydrogen (secondary N) is 5. The number of alkyl halides is 1. The van der Waals surface area contributed by atoms with Crippen LogP contribution in [-0.2, 0) is 30.4 Å². The van der Waals surface area contributed by atoms with E-state index in [2.05, 4.69) is 26.6 Å². The van der Waals surface area contributed by atoms with Gasteiger partial charge in [0.05, 0.1) is 26.0 Å². The van der Waals surface area contributed by atoms with Crippen molar-refractivity contribution >= 4 is 29.6 Å². The van der Waals surface area contributed by atoms with Gasteiger partial charge in [-0.3, -0.25) is 14.9 Å². The van der Waals surface area contributed by atoms with Crippen LogP contribution in [0.25, 0.3) is 11.1 Å². The van der Waals surface area contributed by atoms with Crippen molar-refractivity contribution in [2.75, 3.05) is 31.8 Å². The summed E-state index contributed by atoms with van der Waals surface area (Å²) in [5.41, 5.74) is 10.5. The van der Waals surface area contributed by atoms with Gasteiger partial charge in [0.2, 0.25) is 11.8 Å². The van der Waals surface area contributed by atoms with E-state index in [-0.39, 0.29) is 44.7 Å². The van der Waals surface area contributed by atoms with Crippen molar-refractivity contribution in [2.45, 2.75) is 82.0 Å². The molecule has 0 radical (unpaired) electrons. The first kappa shape index (κ1) is 43.0. The minimum Gasteiger partial charge on any atom is -0.449 e. The van der Waals surface area contributed by atoms with E-state index < -0.39 is 73.3 Å². The summed E-state index contributed by atoms with van der Waals surface area (Å²) < 4.78 is 30.4. The molecule has 57 heavy (non-hydrogen) atoms. The van der Waals surface area contributed by atoms with Crippen LogP contribution < -0.4 is 32.3 Å². The molecular weight excluding hydrogens is 743 g/mol. The molecule has 5 amide bonds. The Kier molecular flexibility index (Phi) is 15.3. The van der Waals surface area contributed by atoms with Crippen LogP contribution in [-0.4, -0.2) is 109 Å². The molecule has 3 unspecified atom stereocenters. The summed E-state index contributed by atoms with van der Waals surface area (Å²) in [6.07, 6.45) is -6.77. The van der Waals surface area contributed by atoms with Crippen molar-refractivity contribution in [1.82, 2.24) is 21.3 Å². The van der Waals surface area contributed by atoms with Gasteiger partial charge in [-0.05, 0) is 58.7 Å². The van der Waals surface area contributed by atoms with Crippen LogP contribution in [0.3, 0.4) is 0 Å². The molecule has 0 saturated carbocycles. The van der Waals surface area contributed by atoms with Crippen LogP contribution in [0.4, 0.5) is 19.7 Å². The van der Waals surface area contributed by atoms with E-state index in [1.807, 2.05) is 48.5 Å². The molecule has 0 bridgehead atoms. The lowest BCUT2D eigenvalue weighted by Gasteiger charge is -2.39. The minimum atomic E-state index is -1.90. The standard InChI is InChI=1S/C40H51FN6O10/c1-22(2)33(47-40(54)56-20-29-27-10-5-3-8-25(27)26-9-4-6-11-28(26)29)37(51)46-30(12-7-17-43-39(42)53)36(50)45-24-15-13-23(14-16-24)19-55-21-44-34-35(49)32(41)31(18-48)57-38(34)52/h3-6,8-11,13-16,22,29-35,38,44,48-49,52H,7,12,17-21H2,1-2H3,(H,45,50)(H,46,51)(H,47,54)(H3,42,43,53)/t30?,31-,32-,33?,34-,35+,38?/m1/s1. The Balaban J connectivity index is 1.14. The number of primary amides is 1. The first-order valence-corrected chi connectivity index (χ1v) is 18.8. The van der Waals surface area contributed by atoms with Gasteiger partial charge >= 0.3 is 12.1 Å². The van der Waals surface area contributed by atoms with E-state index in [0.717, 1.165) is 22.3 Å². The Labute approximate surface area is 329 Å². The zero-order chi connectivity index (χ0) is 41.1. The fraction of sp³-hybridized carbons (Fsp3) is 0.450. The molecule has 1 aliphatic carbocycles. The van der Waals surface area contributed by atoms with Crippen molar-refractivity contribution in [3.63, 3.8) is 0 Å². The highest BCUT2D eigenvalue weighted by Gasteiger charge is 2.44. The third-order valence-corrected chi connectivity index (χ3v) is 9.93. The number of aliphatic hydroxyl groups is 3. The number of rotatable bonds is 18. The molecule has 308 valence electrons. The predicted octanol–water partition coefficient (Wildman–Crippen LogP) is 1.96. The molecule has 1 fully saturated rings. The SMILES string of the molecule is CC(C)C(NC(=O)OCC1c2ccccc2-c2ccccc21)C(=O)NC(CCCNC(N)=O)C(=O)Nc1ccc(COCN[C@H]2C(O)O[C@H](CO)[C@@H](F)[C@@H]2O)cc1. The van der Waals surface area contributed by atoms with Crippen LogP contribution in [0.2, 0.25) is 0 Å². The zero-order valence-corrected chi connectivity index (χ0v) is 31.7. The van der Waals surface area contributed by atoms with E-state index in [4.69, 9.17) is 25.1 Å². The fourth-order valence-electron chi connectivity index (χ4n) is 6.88. The largest absolute Gasteiger partial charge is 0.449 e. The average Bonchev–Trinajstić information content (AvgIpc) is 3.51. The second-order valence-corrected chi connectivity index (χ2v) is 14.3. The van der Waals surface area contributed by atoms with Crippen molar-refractivity contribution in [3.8, 4) is 11.1 Å². The van der Waals surface area contributed by atoms with Crippen LogP contribution in [0.1, 0.15) is 49.3 Å². The maximum atomic E-state index is 14.2.